The highest BCUT2D eigenvalue weighted by molar-refractivity contribution is 6.38. The van der Waals surface area contributed by atoms with E-state index in [1.54, 1.807) is 24.3 Å². The number of rotatable bonds is 6. The summed E-state index contributed by atoms with van der Waals surface area (Å²) in [6.07, 6.45) is 3.76. The Morgan fingerprint density at radius 1 is 0.913 bits per heavy atom. The van der Waals surface area contributed by atoms with Crippen LogP contribution in [0.4, 0.5) is 0 Å². The number of hydrogen-bond donors (Lipinski definition) is 1. The van der Waals surface area contributed by atoms with Gasteiger partial charge in [-0.25, -0.2) is 0 Å². The molecule has 0 saturated heterocycles. The van der Waals surface area contributed by atoms with E-state index in [2.05, 4.69) is 0 Å². The van der Waals surface area contributed by atoms with Gasteiger partial charge in [0, 0.05) is 33.5 Å². The molecular weight excluding hydrogens is 312 g/mol. The average Bonchev–Trinajstić information content (AvgIpc) is 2.56. The molecule has 0 aliphatic carbocycles. The Bertz CT molecular complexity index is 751. The van der Waals surface area contributed by atoms with Crippen molar-refractivity contribution in [3.63, 3.8) is 0 Å². The van der Waals surface area contributed by atoms with Gasteiger partial charge < -0.3 is 5.73 Å². The summed E-state index contributed by atoms with van der Waals surface area (Å²) < 4.78 is 0. The van der Waals surface area contributed by atoms with Crippen molar-refractivity contribution in [1.82, 2.24) is 4.90 Å². The zero-order chi connectivity index (χ0) is 16.4. The van der Waals surface area contributed by atoms with E-state index in [9.17, 15) is 9.59 Å². The molecule has 0 spiro atoms. The van der Waals surface area contributed by atoms with Gasteiger partial charge in [-0.1, -0.05) is 36.6 Å². The lowest BCUT2D eigenvalue weighted by atomic mass is 9.94. The SMILES string of the molecule is NCCCCCCN1C(=O)c2cccc3c(Cl)ccc(c23)C1=O. The van der Waals surface area contributed by atoms with Crippen LogP contribution in [-0.4, -0.2) is 29.8 Å². The highest BCUT2D eigenvalue weighted by Gasteiger charge is 2.32. The Kier molecular flexibility index (Phi) is 4.64. The highest BCUT2D eigenvalue weighted by Crippen LogP contribution is 2.34. The lowest BCUT2D eigenvalue weighted by Crippen LogP contribution is -2.40. The lowest BCUT2D eigenvalue weighted by molar-refractivity contribution is 0.0608. The third kappa shape index (κ3) is 2.84. The van der Waals surface area contributed by atoms with Crippen LogP contribution in [0.1, 0.15) is 46.4 Å². The maximum Gasteiger partial charge on any atom is 0.261 e. The van der Waals surface area contributed by atoms with Gasteiger partial charge in [-0.2, -0.15) is 0 Å². The van der Waals surface area contributed by atoms with Gasteiger partial charge in [0.25, 0.3) is 11.8 Å². The molecule has 0 aromatic heterocycles. The van der Waals surface area contributed by atoms with Crippen molar-refractivity contribution in [3.8, 4) is 0 Å². The Balaban J connectivity index is 1.89. The summed E-state index contributed by atoms with van der Waals surface area (Å²) in [5.41, 5.74) is 6.59. The minimum absolute atomic E-state index is 0.228. The van der Waals surface area contributed by atoms with Crippen LogP contribution in [0.5, 0.6) is 0 Å². The summed E-state index contributed by atoms with van der Waals surface area (Å²) in [5.74, 6) is -0.455. The fourth-order valence-electron chi connectivity index (χ4n) is 3.08. The highest BCUT2D eigenvalue weighted by atomic mass is 35.5. The van der Waals surface area contributed by atoms with Gasteiger partial charge in [0.15, 0.2) is 0 Å². The molecule has 4 nitrogen and oxygen atoms in total. The predicted octanol–water partition coefficient (Wildman–Crippen LogP) is 3.61. The number of benzene rings is 2. The van der Waals surface area contributed by atoms with Crippen molar-refractivity contribution in [2.24, 2.45) is 5.73 Å². The monoisotopic (exact) mass is 330 g/mol. The Morgan fingerprint density at radius 3 is 2.35 bits per heavy atom. The van der Waals surface area contributed by atoms with Crippen LogP contribution in [-0.2, 0) is 0 Å². The van der Waals surface area contributed by atoms with Crippen LogP contribution in [0.3, 0.4) is 0 Å². The molecule has 0 saturated carbocycles. The second-order valence-corrected chi connectivity index (χ2v) is 6.20. The number of nitrogens with two attached hydrogens (primary N) is 1. The van der Waals surface area contributed by atoms with E-state index in [-0.39, 0.29) is 11.8 Å². The maximum absolute atomic E-state index is 12.7. The molecule has 1 heterocycles. The molecule has 0 bridgehead atoms. The summed E-state index contributed by atoms with van der Waals surface area (Å²) in [6.45, 7) is 1.12. The second kappa shape index (κ2) is 6.69. The van der Waals surface area contributed by atoms with E-state index in [1.807, 2.05) is 6.07 Å². The summed E-state index contributed by atoms with van der Waals surface area (Å²) in [7, 11) is 0. The zero-order valence-corrected chi connectivity index (χ0v) is 13.6. The fraction of sp³-hybridized carbons (Fsp3) is 0.333. The van der Waals surface area contributed by atoms with E-state index in [0.29, 0.717) is 34.6 Å². The van der Waals surface area contributed by atoms with Crippen molar-refractivity contribution < 1.29 is 9.59 Å². The summed E-state index contributed by atoms with van der Waals surface area (Å²) in [5, 5.41) is 1.99. The smallest absolute Gasteiger partial charge is 0.261 e. The van der Waals surface area contributed by atoms with Crippen LogP contribution in [0.15, 0.2) is 30.3 Å². The van der Waals surface area contributed by atoms with Crippen LogP contribution >= 0.6 is 11.6 Å². The summed E-state index contributed by atoms with van der Waals surface area (Å²) >= 11 is 6.20. The van der Waals surface area contributed by atoms with Gasteiger partial charge in [0.05, 0.1) is 0 Å². The van der Waals surface area contributed by atoms with Crippen LogP contribution in [0, 0.1) is 0 Å². The number of nitrogens with zero attached hydrogens (tertiary/aromatic N) is 1. The second-order valence-electron chi connectivity index (χ2n) is 5.79. The molecule has 0 radical (unpaired) electrons. The fourth-order valence-corrected chi connectivity index (χ4v) is 3.30. The van der Waals surface area contributed by atoms with E-state index < -0.39 is 0 Å². The standard InChI is InChI=1S/C18H19ClN2O2/c19-15-9-8-14-16-12(15)6-5-7-13(16)17(22)21(18(14)23)11-4-2-1-3-10-20/h5-9H,1-4,10-11,20H2. The van der Waals surface area contributed by atoms with Crippen molar-refractivity contribution in [1.29, 1.82) is 0 Å². The molecule has 3 rings (SSSR count). The minimum Gasteiger partial charge on any atom is -0.330 e. The third-order valence-corrected chi connectivity index (χ3v) is 4.60. The first kappa shape index (κ1) is 16.0. The molecule has 5 heteroatoms. The number of halogens is 1. The molecule has 1 aliphatic heterocycles. The van der Waals surface area contributed by atoms with Gasteiger partial charge in [-0.15, -0.1) is 0 Å². The maximum atomic E-state index is 12.7. The first-order chi connectivity index (χ1) is 11.1. The molecule has 120 valence electrons. The first-order valence-electron chi connectivity index (χ1n) is 7.92. The Morgan fingerprint density at radius 2 is 1.61 bits per heavy atom. The molecule has 2 aromatic carbocycles. The molecular formula is C18H19ClN2O2. The predicted molar refractivity (Wildman–Crippen MR) is 91.8 cm³/mol. The summed E-state index contributed by atoms with van der Waals surface area (Å²) in [6, 6.07) is 8.84. The number of hydrogen-bond acceptors (Lipinski definition) is 3. The van der Waals surface area contributed by atoms with Gasteiger partial charge in [0.1, 0.15) is 0 Å². The van der Waals surface area contributed by atoms with E-state index in [1.165, 1.54) is 4.90 Å². The largest absolute Gasteiger partial charge is 0.330 e. The average molecular weight is 331 g/mol. The molecule has 2 N–H and O–H groups in total. The van der Waals surface area contributed by atoms with Gasteiger partial charge >= 0.3 is 0 Å². The first-order valence-corrected chi connectivity index (χ1v) is 8.30. The van der Waals surface area contributed by atoms with E-state index >= 15 is 0 Å². The van der Waals surface area contributed by atoms with Crippen molar-refractivity contribution in [2.45, 2.75) is 25.7 Å². The van der Waals surface area contributed by atoms with Crippen LogP contribution in [0.25, 0.3) is 10.8 Å². The van der Waals surface area contributed by atoms with Gasteiger partial charge in [0.2, 0.25) is 0 Å². The Labute approximate surface area is 140 Å². The topological polar surface area (TPSA) is 63.4 Å². The van der Waals surface area contributed by atoms with Crippen LogP contribution in [0.2, 0.25) is 5.02 Å². The van der Waals surface area contributed by atoms with Gasteiger partial charge in [-0.05, 0) is 37.6 Å². The molecule has 0 unspecified atom stereocenters. The molecule has 0 atom stereocenters. The molecule has 2 amide bonds. The quantitative estimate of drug-likeness (QED) is 0.650. The molecule has 0 fully saturated rings. The lowest BCUT2D eigenvalue weighted by Gasteiger charge is -2.27. The van der Waals surface area contributed by atoms with E-state index in [4.69, 9.17) is 17.3 Å². The van der Waals surface area contributed by atoms with Crippen molar-refractivity contribution >= 4 is 34.2 Å². The summed E-state index contributed by atoms with van der Waals surface area (Å²) in [4.78, 5) is 26.7. The van der Waals surface area contributed by atoms with Gasteiger partial charge in [-0.3, -0.25) is 14.5 Å². The Hall–Kier alpha value is -1.91. The number of carbonyl (C=O) groups excluding carboxylic acids is 2. The number of amides is 2. The van der Waals surface area contributed by atoms with Crippen molar-refractivity contribution in [2.75, 3.05) is 13.1 Å². The number of carbonyl (C=O) groups is 2. The minimum atomic E-state index is -0.228. The molecule has 2 aromatic rings. The molecule has 23 heavy (non-hydrogen) atoms. The normalized spacial score (nSPS) is 13.9. The number of unbranched alkanes of at least 4 members (excludes halogenated alkanes) is 3. The molecule has 1 aliphatic rings. The van der Waals surface area contributed by atoms with Crippen molar-refractivity contribution in [3.05, 3.63) is 46.5 Å². The zero-order valence-electron chi connectivity index (χ0n) is 12.8. The number of imide groups is 1. The van der Waals surface area contributed by atoms with Crippen LogP contribution < -0.4 is 5.73 Å². The van der Waals surface area contributed by atoms with E-state index in [0.717, 1.165) is 31.1 Å². The third-order valence-electron chi connectivity index (χ3n) is 4.27.